The number of amides is 1. The monoisotopic (exact) mass is 224 g/mol. The number of likely N-dealkylation sites (tertiary alicyclic amines) is 1. The van der Waals surface area contributed by atoms with E-state index in [1.54, 1.807) is 0 Å². The van der Waals surface area contributed by atoms with Gasteiger partial charge in [-0.05, 0) is 31.1 Å². The number of hydrogen-bond donors (Lipinski definition) is 1. The fourth-order valence-electron chi connectivity index (χ4n) is 2.19. The molecule has 0 bridgehead atoms. The van der Waals surface area contributed by atoms with Gasteiger partial charge >= 0.3 is 0 Å². The molecule has 1 saturated carbocycles. The zero-order valence-corrected chi connectivity index (χ0v) is 10.6. The van der Waals surface area contributed by atoms with Gasteiger partial charge in [-0.1, -0.05) is 13.8 Å². The lowest BCUT2D eigenvalue weighted by atomic mass is 9.82. The van der Waals surface area contributed by atoms with Gasteiger partial charge in [0.2, 0.25) is 5.91 Å². The molecule has 0 unspecified atom stereocenters. The molecule has 0 radical (unpaired) electrons. The molecule has 1 heterocycles. The minimum atomic E-state index is 0.337. The molecule has 0 atom stereocenters. The minimum absolute atomic E-state index is 0.337. The van der Waals surface area contributed by atoms with E-state index < -0.39 is 0 Å². The van der Waals surface area contributed by atoms with Crippen LogP contribution < -0.4 is 5.32 Å². The summed E-state index contributed by atoms with van der Waals surface area (Å²) in [6.45, 7) is 7.36. The zero-order valence-electron chi connectivity index (χ0n) is 10.6. The van der Waals surface area contributed by atoms with Gasteiger partial charge in [-0.15, -0.1) is 0 Å². The lowest BCUT2D eigenvalue weighted by molar-refractivity contribution is -0.133. The summed E-state index contributed by atoms with van der Waals surface area (Å²) >= 11 is 0. The van der Waals surface area contributed by atoms with Crippen LogP contribution in [0.15, 0.2) is 0 Å². The van der Waals surface area contributed by atoms with Crippen molar-refractivity contribution < 1.29 is 4.79 Å². The van der Waals surface area contributed by atoms with Crippen molar-refractivity contribution in [3.63, 3.8) is 0 Å². The molecule has 2 rings (SSSR count). The van der Waals surface area contributed by atoms with Crippen LogP contribution in [0.4, 0.5) is 0 Å². The van der Waals surface area contributed by atoms with Gasteiger partial charge < -0.3 is 10.2 Å². The number of rotatable bonds is 4. The maximum atomic E-state index is 11.9. The van der Waals surface area contributed by atoms with Crippen molar-refractivity contribution in [2.45, 2.75) is 52.0 Å². The lowest BCUT2D eigenvalue weighted by Crippen LogP contribution is -2.42. The normalized spacial score (nSPS) is 24.5. The molecule has 0 spiro atoms. The predicted molar refractivity (Wildman–Crippen MR) is 65.2 cm³/mol. The van der Waals surface area contributed by atoms with E-state index in [0.717, 1.165) is 32.5 Å². The van der Waals surface area contributed by atoms with E-state index in [2.05, 4.69) is 19.2 Å². The SMILES string of the molecule is CC1(C)CCN(C(=O)CCNC2CC2)CC1. The van der Waals surface area contributed by atoms with Gasteiger partial charge in [0, 0.05) is 32.1 Å². The highest BCUT2D eigenvalue weighted by molar-refractivity contribution is 5.76. The highest BCUT2D eigenvalue weighted by Gasteiger charge is 2.27. The van der Waals surface area contributed by atoms with E-state index in [9.17, 15) is 4.79 Å². The number of piperidine rings is 1. The average molecular weight is 224 g/mol. The van der Waals surface area contributed by atoms with Gasteiger partial charge in [-0.25, -0.2) is 0 Å². The first-order chi connectivity index (χ1) is 7.57. The standard InChI is InChI=1S/C13H24N2O/c1-13(2)6-9-15(10-7-13)12(16)5-8-14-11-3-4-11/h11,14H,3-10H2,1-2H3. The topological polar surface area (TPSA) is 32.3 Å². The lowest BCUT2D eigenvalue weighted by Gasteiger charge is -2.37. The van der Waals surface area contributed by atoms with Crippen molar-refractivity contribution in [2.75, 3.05) is 19.6 Å². The molecule has 0 aromatic carbocycles. The molecule has 2 fully saturated rings. The van der Waals surface area contributed by atoms with Gasteiger partial charge in [-0.2, -0.15) is 0 Å². The van der Waals surface area contributed by atoms with E-state index in [-0.39, 0.29) is 0 Å². The third-order valence-electron chi connectivity index (χ3n) is 3.82. The van der Waals surface area contributed by atoms with Crippen LogP contribution in [-0.2, 0) is 4.79 Å². The number of hydrogen-bond acceptors (Lipinski definition) is 2. The first-order valence-corrected chi connectivity index (χ1v) is 6.58. The highest BCUT2D eigenvalue weighted by atomic mass is 16.2. The number of carbonyl (C=O) groups excluding carboxylic acids is 1. The minimum Gasteiger partial charge on any atom is -0.343 e. The molecule has 2 aliphatic rings. The maximum absolute atomic E-state index is 11.9. The van der Waals surface area contributed by atoms with Crippen LogP contribution in [-0.4, -0.2) is 36.5 Å². The molecule has 16 heavy (non-hydrogen) atoms. The summed E-state index contributed by atoms with van der Waals surface area (Å²) < 4.78 is 0. The third kappa shape index (κ3) is 3.48. The Balaban J connectivity index is 1.65. The largest absolute Gasteiger partial charge is 0.343 e. The molecule has 1 saturated heterocycles. The molecule has 0 aromatic heterocycles. The summed E-state index contributed by atoms with van der Waals surface area (Å²) in [5, 5.41) is 3.40. The molecule has 1 aliphatic heterocycles. The van der Waals surface area contributed by atoms with Gasteiger partial charge in [0.1, 0.15) is 0 Å². The van der Waals surface area contributed by atoms with Crippen LogP contribution >= 0.6 is 0 Å². The molecular weight excluding hydrogens is 200 g/mol. The van der Waals surface area contributed by atoms with Gasteiger partial charge in [0.05, 0.1) is 0 Å². The molecule has 92 valence electrons. The second-order valence-electron chi connectivity index (χ2n) is 6.02. The molecule has 3 nitrogen and oxygen atoms in total. The third-order valence-corrected chi connectivity index (χ3v) is 3.82. The Bertz CT molecular complexity index is 249. The second-order valence-corrected chi connectivity index (χ2v) is 6.02. The van der Waals surface area contributed by atoms with Crippen LogP contribution in [0, 0.1) is 5.41 Å². The van der Waals surface area contributed by atoms with Crippen LogP contribution in [0.1, 0.15) is 46.0 Å². The second kappa shape index (κ2) is 4.74. The number of carbonyl (C=O) groups is 1. The zero-order chi connectivity index (χ0) is 11.6. The quantitative estimate of drug-likeness (QED) is 0.789. The average Bonchev–Trinajstić information content (AvgIpc) is 3.01. The first kappa shape index (κ1) is 11.9. The van der Waals surface area contributed by atoms with E-state index in [1.807, 2.05) is 4.90 Å². The molecule has 0 aromatic rings. The molecule has 1 aliphatic carbocycles. The van der Waals surface area contributed by atoms with Crippen molar-refractivity contribution >= 4 is 5.91 Å². The Morgan fingerprint density at radius 1 is 1.31 bits per heavy atom. The Morgan fingerprint density at radius 2 is 1.94 bits per heavy atom. The summed E-state index contributed by atoms with van der Waals surface area (Å²) in [6, 6.07) is 0.716. The summed E-state index contributed by atoms with van der Waals surface area (Å²) in [6.07, 6.45) is 5.57. The van der Waals surface area contributed by atoms with Crippen molar-refractivity contribution in [2.24, 2.45) is 5.41 Å². The summed E-state index contributed by atoms with van der Waals surface area (Å²) in [5.41, 5.74) is 0.434. The van der Waals surface area contributed by atoms with Crippen LogP contribution in [0.3, 0.4) is 0 Å². The summed E-state index contributed by atoms with van der Waals surface area (Å²) in [5.74, 6) is 0.337. The molecular formula is C13H24N2O. The van der Waals surface area contributed by atoms with Crippen molar-refractivity contribution in [3.8, 4) is 0 Å². The Kier molecular flexibility index (Phi) is 3.53. The van der Waals surface area contributed by atoms with Crippen LogP contribution in [0.2, 0.25) is 0 Å². The maximum Gasteiger partial charge on any atom is 0.223 e. The number of nitrogens with one attached hydrogen (secondary N) is 1. The molecule has 1 N–H and O–H groups in total. The van der Waals surface area contributed by atoms with E-state index in [0.29, 0.717) is 23.8 Å². The van der Waals surface area contributed by atoms with Crippen molar-refractivity contribution in [1.82, 2.24) is 10.2 Å². The molecule has 1 amide bonds. The smallest absolute Gasteiger partial charge is 0.223 e. The first-order valence-electron chi connectivity index (χ1n) is 6.58. The summed E-state index contributed by atoms with van der Waals surface area (Å²) in [7, 11) is 0. The van der Waals surface area contributed by atoms with Crippen LogP contribution in [0.5, 0.6) is 0 Å². The Morgan fingerprint density at radius 3 is 2.50 bits per heavy atom. The Labute approximate surface area is 98.6 Å². The van der Waals surface area contributed by atoms with Gasteiger partial charge in [0.25, 0.3) is 0 Å². The van der Waals surface area contributed by atoms with Crippen molar-refractivity contribution in [3.05, 3.63) is 0 Å². The summed E-state index contributed by atoms with van der Waals surface area (Å²) in [4.78, 5) is 13.9. The van der Waals surface area contributed by atoms with Crippen molar-refractivity contribution in [1.29, 1.82) is 0 Å². The predicted octanol–water partition coefficient (Wildman–Crippen LogP) is 1.78. The fraction of sp³-hybridized carbons (Fsp3) is 0.923. The van der Waals surface area contributed by atoms with Gasteiger partial charge in [-0.3, -0.25) is 4.79 Å². The molecule has 3 heteroatoms. The Hall–Kier alpha value is -0.570. The van der Waals surface area contributed by atoms with E-state index in [1.165, 1.54) is 12.8 Å². The van der Waals surface area contributed by atoms with E-state index in [4.69, 9.17) is 0 Å². The number of nitrogens with zero attached hydrogens (tertiary/aromatic N) is 1. The van der Waals surface area contributed by atoms with E-state index >= 15 is 0 Å². The highest BCUT2D eigenvalue weighted by Crippen LogP contribution is 2.29. The fourth-order valence-corrected chi connectivity index (χ4v) is 2.19. The van der Waals surface area contributed by atoms with Gasteiger partial charge in [0.15, 0.2) is 0 Å². The van der Waals surface area contributed by atoms with Crippen LogP contribution in [0.25, 0.3) is 0 Å².